The predicted molar refractivity (Wildman–Crippen MR) is 103 cm³/mol. The van der Waals surface area contributed by atoms with Gasteiger partial charge < -0.3 is 14.4 Å². The molecule has 0 aliphatic rings. The van der Waals surface area contributed by atoms with Gasteiger partial charge >= 0.3 is 0 Å². The number of hydrogen-bond acceptors (Lipinski definition) is 4. The summed E-state index contributed by atoms with van der Waals surface area (Å²) in [5.74, 6) is 0.826. The van der Waals surface area contributed by atoms with Gasteiger partial charge in [-0.05, 0) is 42.0 Å². The molecule has 0 aliphatic heterocycles. The third kappa shape index (κ3) is 4.14. The van der Waals surface area contributed by atoms with E-state index in [1.54, 1.807) is 18.4 Å². The van der Waals surface area contributed by atoms with Crippen LogP contribution >= 0.6 is 28.3 Å². The Morgan fingerprint density at radius 3 is 2.42 bits per heavy atom. The van der Waals surface area contributed by atoms with E-state index in [-0.39, 0.29) is 23.6 Å². The zero-order chi connectivity index (χ0) is 16.1. The highest BCUT2D eigenvalue weighted by atomic mass is 79.9. The van der Waals surface area contributed by atoms with Crippen molar-refractivity contribution in [2.24, 2.45) is 4.99 Å². The van der Waals surface area contributed by atoms with E-state index < -0.39 is 0 Å². The van der Waals surface area contributed by atoms with Gasteiger partial charge in [-0.3, -0.25) is 0 Å². The Labute approximate surface area is 155 Å². The number of nitrogens with zero attached hydrogens (tertiary/aromatic N) is 2. The minimum absolute atomic E-state index is 0. The van der Waals surface area contributed by atoms with Crippen molar-refractivity contribution >= 4 is 34.0 Å². The average molecular weight is 407 g/mol. The molecule has 24 heavy (non-hydrogen) atoms. The highest BCUT2D eigenvalue weighted by molar-refractivity contribution is 8.93. The maximum Gasteiger partial charge on any atom is 0.190 e. The number of aliphatic hydroxyl groups excluding tert-OH is 1. The zero-order valence-corrected chi connectivity index (χ0v) is 15.8. The standard InChI is InChI=1S/C18H18N2O2S.BrH/c1-22-16-9-7-14(8-10-16)17-13-23-18(20(17)11-12-21)19-15-5-3-2-4-6-15;/h2-10,13,21H,11-12H2,1H3;1H. The quantitative estimate of drug-likeness (QED) is 0.694. The minimum Gasteiger partial charge on any atom is -0.497 e. The first-order valence-electron chi connectivity index (χ1n) is 7.35. The van der Waals surface area contributed by atoms with Crippen molar-refractivity contribution in [2.75, 3.05) is 13.7 Å². The summed E-state index contributed by atoms with van der Waals surface area (Å²) >= 11 is 1.57. The minimum atomic E-state index is 0. The van der Waals surface area contributed by atoms with Crippen LogP contribution in [0.2, 0.25) is 0 Å². The Hall–Kier alpha value is -1.89. The van der Waals surface area contributed by atoms with Crippen LogP contribution in [0.4, 0.5) is 5.69 Å². The number of methoxy groups -OCH3 is 1. The van der Waals surface area contributed by atoms with Crippen molar-refractivity contribution in [3.05, 3.63) is 64.8 Å². The number of para-hydroxylation sites is 1. The fourth-order valence-electron chi connectivity index (χ4n) is 2.34. The molecule has 0 saturated heterocycles. The van der Waals surface area contributed by atoms with Crippen LogP contribution in [0.15, 0.2) is 65.0 Å². The molecule has 2 aromatic carbocycles. The van der Waals surface area contributed by atoms with Crippen LogP contribution in [0.3, 0.4) is 0 Å². The lowest BCUT2D eigenvalue weighted by atomic mass is 10.1. The van der Waals surface area contributed by atoms with E-state index in [1.807, 2.05) is 59.2 Å². The van der Waals surface area contributed by atoms with Crippen molar-refractivity contribution in [1.82, 2.24) is 4.57 Å². The summed E-state index contributed by atoms with van der Waals surface area (Å²) in [6.45, 7) is 0.582. The number of ether oxygens (including phenoxy) is 1. The Morgan fingerprint density at radius 1 is 1.08 bits per heavy atom. The summed E-state index contributed by atoms with van der Waals surface area (Å²) in [4.78, 5) is 5.56. The molecule has 0 unspecified atom stereocenters. The molecule has 1 N–H and O–H groups in total. The van der Waals surface area contributed by atoms with E-state index in [1.165, 1.54) is 0 Å². The van der Waals surface area contributed by atoms with Gasteiger partial charge in [0.25, 0.3) is 0 Å². The molecule has 126 valence electrons. The predicted octanol–water partition coefficient (Wildman–Crippen LogP) is 4.03. The van der Waals surface area contributed by atoms with Crippen LogP contribution in [-0.2, 0) is 6.54 Å². The van der Waals surface area contributed by atoms with Gasteiger partial charge in [0.2, 0.25) is 0 Å². The van der Waals surface area contributed by atoms with Gasteiger partial charge in [-0.1, -0.05) is 18.2 Å². The summed E-state index contributed by atoms with van der Waals surface area (Å²) in [5.41, 5.74) is 3.02. The maximum atomic E-state index is 9.40. The molecule has 0 atom stereocenters. The van der Waals surface area contributed by atoms with Gasteiger partial charge in [0.05, 0.1) is 25.1 Å². The van der Waals surface area contributed by atoms with Gasteiger partial charge in [0.15, 0.2) is 4.80 Å². The summed E-state index contributed by atoms with van der Waals surface area (Å²) in [5, 5.41) is 11.5. The van der Waals surface area contributed by atoms with Crippen LogP contribution in [0.1, 0.15) is 0 Å². The van der Waals surface area contributed by atoms with E-state index in [4.69, 9.17) is 4.74 Å². The molecular weight excluding hydrogens is 388 g/mol. The van der Waals surface area contributed by atoms with E-state index in [0.717, 1.165) is 27.5 Å². The Morgan fingerprint density at radius 2 is 1.79 bits per heavy atom. The molecule has 3 aromatic rings. The van der Waals surface area contributed by atoms with Crippen molar-refractivity contribution in [3.8, 4) is 17.0 Å². The molecule has 6 heteroatoms. The zero-order valence-electron chi connectivity index (χ0n) is 13.3. The summed E-state index contributed by atoms with van der Waals surface area (Å²) < 4.78 is 7.25. The first-order valence-corrected chi connectivity index (χ1v) is 8.23. The number of aromatic nitrogens is 1. The highest BCUT2D eigenvalue weighted by Crippen LogP contribution is 2.23. The second kappa shape index (κ2) is 8.82. The molecule has 0 bridgehead atoms. The summed E-state index contributed by atoms with van der Waals surface area (Å²) in [7, 11) is 1.66. The van der Waals surface area contributed by atoms with Gasteiger partial charge in [0, 0.05) is 11.9 Å². The lowest BCUT2D eigenvalue weighted by molar-refractivity contribution is 0.275. The normalized spacial score (nSPS) is 11.2. The van der Waals surface area contributed by atoms with E-state index in [0.29, 0.717) is 6.54 Å². The third-order valence-electron chi connectivity index (χ3n) is 3.49. The molecular formula is C18H19BrN2O2S. The van der Waals surface area contributed by atoms with Crippen LogP contribution in [0.25, 0.3) is 11.3 Å². The lowest BCUT2D eigenvalue weighted by Crippen LogP contribution is -2.17. The maximum absolute atomic E-state index is 9.40. The summed E-state index contributed by atoms with van der Waals surface area (Å²) in [6, 6.07) is 17.7. The molecule has 0 amide bonds. The van der Waals surface area contributed by atoms with Gasteiger partial charge in [-0.2, -0.15) is 0 Å². The first-order chi connectivity index (χ1) is 11.3. The van der Waals surface area contributed by atoms with Crippen LogP contribution in [-0.4, -0.2) is 23.4 Å². The van der Waals surface area contributed by atoms with Gasteiger partial charge in [-0.15, -0.1) is 28.3 Å². The largest absolute Gasteiger partial charge is 0.497 e. The van der Waals surface area contributed by atoms with E-state index >= 15 is 0 Å². The fourth-order valence-corrected chi connectivity index (χ4v) is 3.30. The van der Waals surface area contributed by atoms with E-state index in [9.17, 15) is 5.11 Å². The lowest BCUT2D eigenvalue weighted by Gasteiger charge is -2.08. The summed E-state index contributed by atoms with van der Waals surface area (Å²) in [6.07, 6.45) is 0. The topological polar surface area (TPSA) is 46.8 Å². The fraction of sp³-hybridized carbons (Fsp3) is 0.167. The molecule has 0 aliphatic carbocycles. The van der Waals surface area contributed by atoms with Crippen molar-refractivity contribution < 1.29 is 9.84 Å². The monoisotopic (exact) mass is 406 g/mol. The average Bonchev–Trinajstić information content (AvgIpc) is 2.99. The Kier molecular flexibility index (Phi) is 6.78. The molecule has 0 saturated carbocycles. The number of benzene rings is 2. The second-order valence-electron chi connectivity index (χ2n) is 4.95. The smallest absolute Gasteiger partial charge is 0.190 e. The molecule has 0 radical (unpaired) electrons. The number of halogens is 1. The van der Waals surface area contributed by atoms with Crippen molar-refractivity contribution in [1.29, 1.82) is 0 Å². The molecule has 1 aromatic heterocycles. The van der Waals surface area contributed by atoms with Gasteiger partial charge in [-0.25, -0.2) is 4.99 Å². The Balaban J connectivity index is 0.00000208. The third-order valence-corrected chi connectivity index (χ3v) is 4.35. The van der Waals surface area contributed by atoms with Crippen LogP contribution in [0.5, 0.6) is 5.75 Å². The molecule has 3 rings (SSSR count). The van der Waals surface area contributed by atoms with Gasteiger partial charge in [0.1, 0.15) is 5.75 Å². The number of rotatable bonds is 5. The molecule has 0 spiro atoms. The molecule has 0 fully saturated rings. The van der Waals surface area contributed by atoms with Crippen LogP contribution in [0, 0.1) is 0 Å². The number of aliphatic hydroxyl groups is 1. The number of thiazole rings is 1. The molecule has 1 heterocycles. The van der Waals surface area contributed by atoms with Crippen molar-refractivity contribution in [2.45, 2.75) is 6.54 Å². The Bertz CT molecular complexity index is 826. The SMILES string of the molecule is Br.COc1ccc(-c2csc(=Nc3ccccc3)n2CCO)cc1. The second-order valence-corrected chi connectivity index (χ2v) is 5.79. The molecule has 4 nitrogen and oxygen atoms in total. The highest BCUT2D eigenvalue weighted by Gasteiger charge is 2.08. The van der Waals surface area contributed by atoms with Crippen molar-refractivity contribution in [3.63, 3.8) is 0 Å². The van der Waals surface area contributed by atoms with Crippen LogP contribution < -0.4 is 9.54 Å². The first kappa shape index (κ1) is 18.4. The van der Waals surface area contributed by atoms with E-state index in [2.05, 4.69) is 10.4 Å². The number of hydrogen-bond donors (Lipinski definition) is 1.